The van der Waals surface area contributed by atoms with Crippen molar-refractivity contribution in [2.75, 3.05) is 24.6 Å². The van der Waals surface area contributed by atoms with Crippen LogP contribution in [0.3, 0.4) is 0 Å². The highest BCUT2D eigenvalue weighted by molar-refractivity contribution is 5.91. The molecule has 4 nitrogen and oxygen atoms in total. The molecule has 2 aliphatic heterocycles. The van der Waals surface area contributed by atoms with Crippen molar-refractivity contribution in [1.82, 2.24) is 5.32 Å². The van der Waals surface area contributed by atoms with Crippen LogP contribution in [0.2, 0.25) is 0 Å². The number of carbonyl (C=O) groups is 1. The van der Waals surface area contributed by atoms with Gasteiger partial charge in [0.25, 0.3) is 0 Å². The second kappa shape index (κ2) is 6.31. The van der Waals surface area contributed by atoms with Crippen LogP contribution in [0.15, 0.2) is 36.0 Å². The van der Waals surface area contributed by atoms with E-state index in [2.05, 4.69) is 28.4 Å². The van der Waals surface area contributed by atoms with Crippen LogP contribution in [-0.4, -0.2) is 31.7 Å². The summed E-state index contributed by atoms with van der Waals surface area (Å²) in [5.74, 6) is -0.194. The van der Waals surface area contributed by atoms with Crippen molar-refractivity contribution in [1.29, 1.82) is 0 Å². The highest BCUT2D eigenvalue weighted by Crippen LogP contribution is 2.32. The first-order chi connectivity index (χ1) is 10.3. The third-order valence-corrected chi connectivity index (χ3v) is 4.15. The maximum atomic E-state index is 12.1. The maximum absolute atomic E-state index is 12.1. The van der Waals surface area contributed by atoms with E-state index in [1.165, 1.54) is 17.7 Å². The fourth-order valence-corrected chi connectivity index (χ4v) is 3.12. The van der Waals surface area contributed by atoms with Gasteiger partial charge in [-0.15, -0.1) is 0 Å². The van der Waals surface area contributed by atoms with Crippen LogP contribution in [0.4, 0.5) is 5.69 Å². The summed E-state index contributed by atoms with van der Waals surface area (Å²) in [6.07, 6.45) is 4.98. The van der Waals surface area contributed by atoms with Crippen molar-refractivity contribution in [3.8, 4) is 0 Å². The van der Waals surface area contributed by atoms with Crippen molar-refractivity contribution < 1.29 is 9.53 Å². The van der Waals surface area contributed by atoms with Crippen molar-refractivity contribution in [2.24, 2.45) is 0 Å². The molecule has 1 unspecified atom stereocenters. The molecule has 0 bridgehead atoms. The number of nitrogens with zero attached hydrogens (tertiary/aromatic N) is 1. The maximum Gasteiger partial charge on any atom is 0.335 e. The number of hydrogen-bond acceptors (Lipinski definition) is 4. The van der Waals surface area contributed by atoms with E-state index in [0.29, 0.717) is 19.1 Å². The molecule has 112 valence electrons. The minimum Gasteiger partial charge on any atom is -0.463 e. The van der Waals surface area contributed by atoms with Crippen LogP contribution in [-0.2, 0) is 16.0 Å². The Bertz CT molecular complexity index is 547. The molecule has 4 heteroatoms. The van der Waals surface area contributed by atoms with E-state index < -0.39 is 0 Å². The number of carbonyl (C=O) groups excluding carboxylic acids is 1. The van der Waals surface area contributed by atoms with Gasteiger partial charge in [-0.3, -0.25) is 0 Å². The Kier molecular flexibility index (Phi) is 4.25. The van der Waals surface area contributed by atoms with Crippen LogP contribution in [0.25, 0.3) is 0 Å². The first kappa shape index (κ1) is 14.1. The number of rotatable bonds is 3. The van der Waals surface area contributed by atoms with Gasteiger partial charge in [-0.2, -0.15) is 0 Å². The number of hydrogen-bond donors (Lipinski definition) is 1. The molecule has 3 rings (SSSR count). The van der Waals surface area contributed by atoms with Crippen molar-refractivity contribution in [3.63, 3.8) is 0 Å². The Labute approximate surface area is 125 Å². The zero-order valence-corrected chi connectivity index (χ0v) is 12.5. The van der Waals surface area contributed by atoms with Crippen molar-refractivity contribution >= 4 is 11.7 Å². The van der Waals surface area contributed by atoms with Gasteiger partial charge in [0, 0.05) is 30.9 Å². The number of benzene rings is 1. The van der Waals surface area contributed by atoms with Crippen LogP contribution in [0.1, 0.15) is 25.3 Å². The molecule has 0 radical (unpaired) electrons. The van der Waals surface area contributed by atoms with Crippen molar-refractivity contribution in [2.45, 2.75) is 32.2 Å². The molecular weight excluding hydrogens is 264 g/mol. The molecule has 0 amide bonds. The smallest absolute Gasteiger partial charge is 0.335 e. The predicted molar refractivity (Wildman–Crippen MR) is 83.2 cm³/mol. The number of para-hydroxylation sites is 1. The average molecular weight is 286 g/mol. The number of nitrogens with one attached hydrogen (secondary N) is 1. The lowest BCUT2D eigenvalue weighted by atomic mass is 9.96. The van der Waals surface area contributed by atoms with E-state index in [9.17, 15) is 4.79 Å². The van der Waals surface area contributed by atoms with Gasteiger partial charge >= 0.3 is 5.97 Å². The van der Waals surface area contributed by atoms with E-state index in [1.54, 1.807) is 0 Å². The van der Waals surface area contributed by atoms with Gasteiger partial charge in [-0.25, -0.2) is 4.79 Å². The van der Waals surface area contributed by atoms with Crippen LogP contribution < -0.4 is 10.2 Å². The van der Waals surface area contributed by atoms with Gasteiger partial charge in [-0.05, 0) is 37.9 Å². The zero-order chi connectivity index (χ0) is 14.7. The van der Waals surface area contributed by atoms with E-state index >= 15 is 0 Å². The lowest BCUT2D eigenvalue weighted by Crippen LogP contribution is -2.45. The van der Waals surface area contributed by atoms with E-state index in [0.717, 1.165) is 25.1 Å². The molecule has 1 aromatic rings. The first-order valence-electron chi connectivity index (χ1n) is 7.74. The largest absolute Gasteiger partial charge is 0.463 e. The molecule has 1 saturated heterocycles. The lowest BCUT2D eigenvalue weighted by molar-refractivity contribution is -0.138. The molecular formula is C17H22N2O2. The number of ether oxygens (including phenoxy) is 1. The first-order valence-corrected chi connectivity index (χ1v) is 7.74. The van der Waals surface area contributed by atoms with Gasteiger partial charge < -0.3 is 15.0 Å². The monoisotopic (exact) mass is 286 g/mol. The summed E-state index contributed by atoms with van der Waals surface area (Å²) in [7, 11) is 0. The Morgan fingerprint density at radius 3 is 3.05 bits per heavy atom. The number of piperidine rings is 1. The van der Waals surface area contributed by atoms with E-state index in [4.69, 9.17) is 4.74 Å². The summed E-state index contributed by atoms with van der Waals surface area (Å²) in [6.45, 7) is 4.31. The second-order valence-corrected chi connectivity index (χ2v) is 5.59. The molecule has 2 heterocycles. The van der Waals surface area contributed by atoms with Gasteiger partial charge in [0.05, 0.1) is 12.2 Å². The summed E-state index contributed by atoms with van der Waals surface area (Å²) in [5.41, 5.74) is 3.17. The Morgan fingerprint density at radius 1 is 1.43 bits per heavy atom. The molecule has 1 N–H and O–H groups in total. The molecule has 1 fully saturated rings. The summed E-state index contributed by atoms with van der Waals surface area (Å²) in [6, 6.07) is 8.74. The van der Waals surface area contributed by atoms with Gasteiger partial charge in [0.15, 0.2) is 0 Å². The average Bonchev–Trinajstić information content (AvgIpc) is 2.55. The summed E-state index contributed by atoms with van der Waals surface area (Å²) in [5, 5.41) is 3.45. The highest BCUT2D eigenvalue weighted by atomic mass is 16.5. The second-order valence-electron chi connectivity index (χ2n) is 5.59. The molecule has 0 aromatic heterocycles. The molecule has 1 atom stereocenters. The molecule has 1 aromatic carbocycles. The lowest BCUT2D eigenvalue weighted by Gasteiger charge is -2.37. The third-order valence-electron chi connectivity index (χ3n) is 4.15. The fourth-order valence-electron chi connectivity index (χ4n) is 3.12. The molecule has 0 spiro atoms. The van der Waals surface area contributed by atoms with Crippen LogP contribution in [0, 0.1) is 0 Å². The zero-order valence-electron chi connectivity index (χ0n) is 12.5. The standard InChI is InChI=1S/C17H22N2O2/c1-2-21-17(20)14-10-13-6-3-4-8-16(13)19(12-14)15-7-5-9-18-11-15/h3-4,6,8,12,15,18H,2,5,7,9-11H2,1H3. The summed E-state index contributed by atoms with van der Waals surface area (Å²) < 4.78 is 5.18. The SMILES string of the molecule is CCOC(=O)C1=CN(C2CCCNC2)c2ccccc2C1. The number of esters is 1. The Morgan fingerprint density at radius 2 is 2.29 bits per heavy atom. The Balaban J connectivity index is 1.92. The molecule has 0 aliphatic carbocycles. The normalized spacial score (nSPS) is 21.5. The molecule has 2 aliphatic rings. The van der Waals surface area contributed by atoms with Gasteiger partial charge in [-0.1, -0.05) is 18.2 Å². The van der Waals surface area contributed by atoms with E-state index in [-0.39, 0.29) is 5.97 Å². The molecule has 0 saturated carbocycles. The van der Waals surface area contributed by atoms with Gasteiger partial charge in [0.2, 0.25) is 0 Å². The minimum absolute atomic E-state index is 0.194. The van der Waals surface area contributed by atoms with Crippen molar-refractivity contribution in [3.05, 3.63) is 41.6 Å². The predicted octanol–water partition coefficient (Wildman–Crippen LogP) is 2.25. The van der Waals surface area contributed by atoms with Crippen LogP contribution >= 0.6 is 0 Å². The third kappa shape index (κ3) is 2.95. The van der Waals surface area contributed by atoms with Gasteiger partial charge in [0.1, 0.15) is 0 Å². The fraction of sp³-hybridized carbons (Fsp3) is 0.471. The Hall–Kier alpha value is -1.81. The topological polar surface area (TPSA) is 41.6 Å². The van der Waals surface area contributed by atoms with E-state index in [1.807, 2.05) is 19.2 Å². The molecule has 21 heavy (non-hydrogen) atoms. The summed E-state index contributed by atoms with van der Waals surface area (Å²) >= 11 is 0. The summed E-state index contributed by atoms with van der Waals surface area (Å²) in [4.78, 5) is 14.4. The number of anilines is 1. The quantitative estimate of drug-likeness (QED) is 0.865. The van der Waals surface area contributed by atoms with Crippen LogP contribution in [0.5, 0.6) is 0 Å². The highest BCUT2D eigenvalue weighted by Gasteiger charge is 2.27. The minimum atomic E-state index is -0.194. The number of fused-ring (bicyclic) bond motifs is 1.